The summed E-state index contributed by atoms with van der Waals surface area (Å²) >= 11 is 0. The fourth-order valence-corrected chi connectivity index (χ4v) is 4.59. The van der Waals surface area contributed by atoms with Crippen molar-refractivity contribution in [2.75, 3.05) is 41.0 Å². The lowest BCUT2D eigenvalue weighted by atomic mass is 9.80. The van der Waals surface area contributed by atoms with Gasteiger partial charge in [-0.25, -0.2) is 0 Å². The zero-order chi connectivity index (χ0) is 29.5. The zero-order valence-corrected chi connectivity index (χ0v) is 25.3. The van der Waals surface area contributed by atoms with Crippen LogP contribution in [0, 0.1) is 29.6 Å². The summed E-state index contributed by atoms with van der Waals surface area (Å²) in [4.78, 5) is 24.7. The van der Waals surface area contributed by atoms with Crippen molar-refractivity contribution in [2.24, 2.45) is 35.3 Å². The molecular weight excluding hydrogens is 498 g/mol. The quantitative estimate of drug-likeness (QED) is 0.194. The number of carbonyl (C=O) groups is 2. The first-order valence-corrected chi connectivity index (χ1v) is 14.2. The number of rotatable bonds is 19. The first-order valence-electron chi connectivity index (χ1n) is 14.2. The highest BCUT2D eigenvalue weighted by molar-refractivity contribution is 5.81. The van der Waals surface area contributed by atoms with E-state index in [0.29, 0.717) is 37.1 Å². The van der Waals surface area contributed by atoms with E-state index in [-0.39, 0.29) is 42.5 Å². The molecule has 0 aliphatic heterocycles. The van der Waals surface area contributed by atoms with Crippen molar-refractivity contribution in [3.8, 4) is 11.5 Å². The highest BCUT2D eigenvalue weighted by atomic mass is 16.5. The van der Waals surface area contributed by atoms with Gasteiger partial charge in [-0.3, -0.25) is 9.59 Å². The van der Waals surface area contributed by atoms with Crippen LogP contribution in [0.25, 0.3) is 0 Å². The minimum absolute atomic E-state index is 0.0182. The largest absolute Gasteiger partial charge is 0.493 e. The molecule has 5 N–H and O–H groups in total. The number of nitrogens with one attached hydrogen (secondary N) is 2. The Bertz CT molecular complexity index is 863. The third kappa shape index (κ3) is 12.1. The third-order valence-electron chi connectivity index (χ3n) is 7.40. The van der Waals surface area contributed by atoms with Crippen molar-refractivity contribution in [3.63, 3.8) is 0 Å². The second kappa shape index (κ2) is 18.1. The molecule has 39 heavy (non-hydrogen) atoms. The van der Waals surface area contributed by atoms with E-state index in [0.717, 1.165) is 18.4 Å². The van der Waals surface area contributed by atoms with Gasteiger partial charge in [0, 0.05) is 45.7 Å². The lowest BCUT2D eigenvalue weighted by Gasteiger charge is -2.30. The van der Waals surface area contributed by atoms with Crippen molar-refractivity contribution in [1.29, 1.82) is 0 Å². The van der Waals surface area contributed by atoms with E-state index in [2.05, 4.69) is 24.5 Å². The molecule has 0 unspecified atom stereocenters. The number of hydrogen-bond acceptors (Lipinski definition) is 7. The van der Waals surface area contributed by atoms with Crippen molar-refractivity contribution in [1.82, 2.24) is 10.6 Å². The monoisotopic (exact) mass is 551 g/mol. The van der Waals surface area contributed by atoms with E-state index in [9.17, 15) is 14.7 Å². The van der Waals surface area contributed by atoms with Crippen molar-refractivity contribution in [3.05, 3.63) is 23.8 Å². The molecule has 0 bridgehead atoms. The number of benzene rings is 1. The third-order valence-corrected chi connectivity index (χ3v) is 7.40. The summed E-state index contributed by atoms with van der Waals surface area (Å²) in [6, 6.07) is 5.50. The SMILES string of the molecule is CNC(=O)[C@@H](C)CNC(=O)[C@@H](C[C@H](O)[C@@H](N)C[C@H](Cc1ccc(OC)c(OCCCOC)c1)C(C)C)C(C)C. The summed E-state index contributed by atoms with van der Waals surface area (Å²) in [5.41, 5.74) is 7.63. The maximum Gasteiger partial charge on any atom is 0.224 e. The van der Waals surface area contributed by atoms with E-state index in [1.807, 2.05) is 32.0 Å². The van der Waals surface area contributed by atoms with Gasteiger partial charge in [-0.1, -0.05) is 40.7 Å². The summed E-state index contributed by atoms with van der Waals surface area (Å²) in [6.45, 7) is 11.4. The average molecular weight is 552 g/mol. The number of hydrogen-bond donors (Lipinski definition) is 4. The lowest BCUT2D eigenvalue weighted by Crippen LogP contribution is -2.44. The van der Waals surface area contributed by atoms with Gasteiger partial charge in [0.2, 0.25) is 11.8 Å². The first-order chi connectivity index (χ1) is 18.4. The van der Waals surface area contributed by atoms with Crippen molar-refractivity contribution >= 4 is 11.8 Å². The first kappa shape index (κ1) is 34.7. The van der Waals surface area contributed by atoms with Crippen LogP contribution in [0.4, 0.5) is 0 Å². The van der Waals surface area contributed by atoms with Crippen LogP contribution in [0.15, 0.2) is 18.2 Å². The Morgan fingerprint density at radius 3 is 2.23 bits per heavy atom. The Hall–Kier alpha value is -2.36. The van der Waals surface area contributed by atoms with Crippen LogP contribution >= 0.6 is 0 Å². The highest BCUT2D eigenvalue weighted by Crippen LogP contribution is 2.31. The Kier molecular flexibility index (Phi) is 16.1. The Morgan fingerprint density at radius 2 is 1.67 bits per heavy atom. The van der Waals surface area contributed by atoms with Crippen LogP contribution in [-0.4, -0.2) is 70.1 Å². The maximum atomic E-state index is 12.9. The minimum Gasteiger partial charge on any atom is -0.493 e. The van der Waals surface area contributed by atoms with Gasteiger partial charge in [-0.15, -0.1) is 0 Å². The number of carbonyl (C=O) groups excluding carboxylic acids is 2. The van der Waals surface area contributed by atoms with Gasteiger partial charge in [0.1, 0.15) is 0 Å². The molecule has 0 fully saturated rings. The summed E-state index contributed by atoms with van der Waals surface area (Å²) < 4.78 is 16.5. The molecule has 224 valence electrons. The van der Waals surface area contributed by atoms with Crippen LogP contribution in [0.5, 0.6) is 11.5 Å². The molecule has 9 nitrogen and oxygen atoms in total. The van der Waals surface area contributed by atoms with Gasteiger partial charge in [0.05, 0.1) is 25.7 Å². The van der Waals surface area contributed by atoms with Crippen LogP contribution in [0.3, 0.4) is 0 Å². The molecular formula is C30H53N3O6. The van der Waals surface area contributed by atoms with Gasteiger partial charge in [-0.2, -0.15) is 0 Å². The van der Waals surface area contributed by atoms with Gasteiger partial charge in [0.15, 0.2) is 11.5 Å². The maximum absolute atomic E-state index is 12.9. The number of ether oxygens (including phenoxy) is 3. The highest BCUT2D eigenvalue weighted by Gasteiger charge is 2.30. The van der Waals surface area contributed by atoms with Crippen LogP contribution in [0.2, 0.25) is 0 Å². The Balaban J connectivity index is 2.84. The summed E-state index contributed by atoms with van der Waals surface area (Å²) in [7, 11) is 4.87. The normalized spacial score (nSPS) is 15.4. The molecule has 1 aromatic carbocycles. The van der Waals surface area contributed by atoms with E-state index >= 15 is 0 Å². The van der Waals surface area contributed by atoms with Crippen molar-refractivity contribution in [2.45, 2.75) is 72.4 Å². The van der Waals surface area contributed by atoms with Crippen LogP contribution in [0.1, 0.15) is 59.4 Å². The summed E-state index contributed by atoms with van der Waals surface area (Å²) in [5.74, 6) is 0.950. The number of nitrogens with two attached hydrogens (primary N) is 1. The smallest absolute Gasteiger partial charge is 0.224 e. The fourth-order valence-electron chi connectivity index (χ4n) is 4.59. The van der Waals surface area contributed by atoms with Gasteiger partial charge in [0.25, 0.3) is 0 Å². The summed E-state index contributed by atoms with van der Waals surface area (Å²) in [5, 5.41) is 16.5. The van der Waals surface area contributed by atoms with Crippen LogP contribution in [-0.2, 0) is 20.7 Å². The standard InChI is InChI=1S/C30H53N3O6/c1-19(2)23(14-22-10-11-27(38-8)28(15-22)39-13-9-12-37-7)16-25(31)26(34)17-24(20(3)4)30(36)33-18-21(5)29(35)32-6/h10-11,15,19-21,23-26,34H,9,12-14,16-18,31H2,1-8H3,(H,32,35)(H,33,36)/t21-,23-,24-,25-,26-/m0/s1. The van der Waals surface area contributed by atoms with Crippen molar-refractivity contribution < 1.29 is 28.9 Å². The molecule has 5 atom stereocenters. The Labute approximate surface area is 235 Å². The molecule has 1 aromatic rings. The summed E-state index contributed by atoms with van der Waals surface area (Å²) in [6.07, 6.45) is 1.63. The number of aliphatic hydroxyl groups is 1. The molecule has 2 amide bonds. The molecule has 0 saturated heterocycles. The molecule has 0 aliphatic rings. The van der Waals surface area contributed by atoms with E-state index < -0.39 is 18.1 Å². The Morgan fingerprint density at radius 1 is 0.974 bits per heavy atom. The fraction of sp³-hybridized carbons (Fsp3) is 0.733. The average Bonchev–Trinajstić information content (AvgIpc) is 2.91. The molecule has 9 heteroatoms. The zero-order valence-electron chi connectivity index (χ0n) is 25.3. The van der Waals surface area contributed by atoms with E-state index in [1.54, 1.807) is 28.2 Å². The predicted molar refractivity (Wildman–Crippen MR) is 155 cm³/mol. The molecule has 1 rings (SSSR count). The second-order valence-electron chi connectivity index (χ2n) is 11.2. The van der Waals surface area contributed by atoms with Gasteiger partial charge in [-0.05, 0) is 54.7 Å². The van der Waals surface area contributed by atoms with Gasteiger partial charge < -0.3 is 35.7 Å². The van der Waals surface area contributed by atoms with Crippen LogP contribution < -0.4 is 25.8 Å². The minimum atomic E-state index is -0.823. The predicted octanol–water partition coefficient (Wildman–Crippen LogP) is 3.16. The van der Waals surface area contributed by atoms with E-state index in [1.165, 1.54) is 0 Å². The molecule has 0 saturated carbocycles. The van der Waals surface area contributed by atoms with Gasteiger partial charge >= 0.3 is 0 Å². The second-order valence-corrected chi connectivity index (χ2v) is 11.2. The number of amides is 2. The number of aliphatic hydroxyl groups excluding tert-OH is 1. The molecule has 0 heterocycles. The molecule has 0 aromatic heterocycles. The van der Waals surface area contributed by atoms with E-state index in [4.69, 9.17) is 19.9 Å². The molecule has 0 spiro atoms. The molecule has 0 aliphatic carbocycles. The molecule has 0 radical (unpaired) electrons. The lowest BCUT2D eigenvalue weighted by molar-refractivity contribution is -0.128. The topological polar surface area (TPSA) is 132 Å². The number of methoxy groups -OCH3 is 2.